The lowest BCUT2D eigenvalue weighted by atomic mass is 10.1. The lowest BCUT2D eigenvalue weighted by molar-refractivity contribution is -0.129. The first-order valence-electron chi connectivity index (χ1n) is 6.65. The number of halogens is 1. The monoisotopic (exact) mass is 278 g/mol. The summed E-state index contributed by atoms with van der Waals surface area (Å²) in [7, 11) is 0. The number of likely N-dealkylation sites (tertiary alicyclic amines) is 1. The van der Waals surface area contributed by atoms with Gasteiger partial charge in [-0.25, -0.2) is 4.39 Å². The minimum absolute atomic E-state index is 0.0331. The molecule has 1 heterocycles. The normalized spacial score (nSPS) is 17.1. The van der Waals surface area contributed by atoms with E-state index in [4.69, 9.17) is 4.74 Å². The van der Waals surface area contributed by atoms with Crippen molar-refractivity contribution in [2.24, 2.45) is 0 Å². The van der Waals surface area contributed by atoms with Crippen LogP contribution in [0, 0.1) is 5.82 Å². The number of amides is 1. The Hall–Kier alpha value is -1.88. The maximum atomic E-state index is 13.4. The standard InChI is InChI=1S/C15H19FN2O2/c1-3-8-17-15(19)11(2)18-9-12(10-18)20-14-7-5-4-6-13(14)16/h3-7,11-12H,1,8-10H2,2H3,(H,17,19)/t11-/m1/s1. The first kappa shape index (κ1) is 14.5. The van der Waals surface area contributed by atoms with Gasteiger partial charge in [-0.3, -0.25) is 9.69 Å². The number of benzene rings is 1. The molecular formula is C15H19FN2O2. The van der Waals surface area contributed by atoms with Crippen molar-refractivity contribution in [3.63, 3.8) is 0 Å². The molecule has 1 fully saturated rings. The molecule has 0 saturated carbocycles. The van der Waals surface area contributed by atoms with Crippen LogP contribution in [-0.2, 0) is 4.79 Å². The zero-order valence-corrected chi connectivity index (χ0v) is 11.5. The molecule has 1 atom stereocenters. The largest absolute Gasteiger partial charge is 0.485 e. The Kier molecular flexibility index (Phi) is 4.74. The Morgan fingerprint density at radius 3 is 2.95 bits per heavy atom. The fourth-order valence-electron chi connectivity index (χ4n) is 2.07. The number of carbonyl (C=O) groups excluding carboxylic acids is 1. The average molecular weight is 278 g/mol. The summed E-state index contributed by atoms with van der Waals surface area (Å²) in [4.78, 5) is 13.7. The fraction of sp³-hybridized carbons (Fsp3) is 0.400. The van der Waals surface area contributed by atoms with Crippen LogP contribution in [0.5, 0.6) is 5.75 Å². The van der Waals surface area contributed by atoms with Crippen LogP contribution in [0.1, 0.15) is 6.92 Å². The first-order chi connectivity index (χ1) is 9.61. The molecule has 1 aromatic rings. The fourth-order valence-corrected chi connectivity index (χ4v) is 2.07. The van der Waals surface area contributed by atoms with Crippen LogP contribution in [0.25, 0.3) is 0 Å². The lowest BCUT2D eigenvalue weighted by Gasteiger charge is -2.41. The molecule has 2 rings (SSSR count). The third-order valence-corrected chi connectivity index (χ3v) is 3.35. The van der Waals surface area contributed by atoms with E-state index in [1.807, 2.05) is 11.8 Å². The molecule has 0 aromatic heterocycles. The molecular weight excluding hydrogens is 259 g/mol. The second-order valence-electron chi connectivity index (χ2n) is 4.83. The predicted octanol–water partition coefficient (Wildman–Crippen LogP) is 1.58. The molecule has 4 nitrogen and oxygen atoms in total. The third kappa shape index (κ3) is 3.36. The number of rotatable bonds is 6. The topological polar surface area (TPSA) is 41.6 Å². The number of para-hydroxylation sites is 1. The van der Waals surface area contributed by atoms with Gasteiger partial charge in [-0.05, 0) is 19.1 Å². The summed E-state index contributed by atoms with van der Waals surface area (Å²) in [6.45, 7) is 7.11. The molecule has 0 aliphatic carbocycles. The summed E-state index contributed by atoms with van der Waals surface area (Å²) in [6, 6.07) is 6.13. The van der Waals surface area contributed by atoms with E-state index in [1.165, 1.54) is 6.07 Å². The number of nitrogens with one attached hydrogen (secondary N) is 1. The summed E-state index contributed by atoms with van der Waals surface area (Å²) in [5.74, 6) is -0.127. The molecule has 1 aliphatic rings. The Bertz CT molecular complexity index is 487. The van der Waals surface area contributed by atoms with Gasteiger partial charge in [0.2, 0.25) is 5.91 Å². The van der Waals surface area contributed by atoms with Gasteiger partial charge in [0, 0.05) is 19.6 Å². The summed E-state index contributed by atoms with van der Waals surface area (Å²) in [5, 5.41) is 2.76. The van der Waals surface area contributed by atoms with E-state index in [1.54, 1.807) is 24.3 Å². The van der Waals surface area contributed by atoms with E-state index >= 15 is 0 Å². The summed E-state index contributed by atoms with van der Waals surface area (Å²) < 4.78 is 19.0. The SMILES string of the molecule is C=CCNC(=O)[C@@H](C)N1CC(Oc2ccccc2F)C1. The predicted molar refractivity (Wildman–Crippen MR) is 75.1 cm³/mol. The van der Waals surface area contributed by atoms with Gasteiger partial charge in [-0.1, -0.05) is 18.2 Å². The van der Waals surface area contributed by atoms with E-state index in [0.29, 0.717) is 19.6 Å². The molecule has 0 bridgehead atoms. The van der Waals surface area contributed by atoms with Gasteiger partial charge in [-0.2, -0.15) is 0 Å². The van der Waals surface area contributed by atoms with E-state index < -0.39 is 0 Å². The van der Waals surface area contributed by atoms with E-state index in [9.17, 15) is 9.18 Å². The first-order valence-corrected chi connectivity index (χ1v) is 6.65. The van der Waals surface area contributed by atoms with Gasteiger partial charge in [0.25, 0.3) is 0 Å². The molecule has 1 amide bonds. The maximum absolute atomic E-state index is 13.4. The van der Waals surface area contributed by atoms with Crippen molar-refractivity contribution in [1.29, 1.82) is 0 Å². The quantitative estimate of drug-likeness (QED) is 0.803. The molecule has 20 heavy (non-hydrogen) atoms. The van der Waals surface area contributed by atoms with Gasteiger partial charge in [-0.15, -0.1) is 6.58 Å². The Morgan fingerprint density at radius 2 is 2.30 bits per heavy atom. The molecule has 5 heteroatoms. The second kappa shape index (κ2) is 6.52. The van der Waals surface area contributed by atoms with Crippen molar-refractivity contribution in [1.82, 2.24) is 10.2 Å². The van der Waals surface area contributed by atoms with Crippen LogP contribution in [0.2, 0.25) is 0 Å². The van der Waals surface area contributed by atoms with Crippen LogP contribution < -0.4 is 10.1 Å². The van der Waals surface area contributed by atoms with Crippen LogP contribution in [-0.4, -0.2) is 42.6 Å². The Balaban J connectivity index is 1.78. The second-order valence-corrected chi connectivity index (χ2v) is 4.83. The van der Waals surface area contributed by atoms with Crippen molar-refractivity contribution >= 4 is 5.91 Å². The highest BCUT2D eigenvalue weighted by molar-refractivity contribution is 5.81. The molecule has 0 radical (unpaired) electrons. The van der Waals surface area contributed by atoms with Gasteiger partial charge in [0.15, 0.2) is 11.6 Å². The maximum Gasteiger partial charge on any atom is 0.237 e. The smallest absolute Gasteiger partial charge is 0.237 e. The minimum atomic E-state index is -0.359. The van der Waals surface area contributed by atoms with Gasteiger partial charge in [0.1, 0.15) is 6.10 Å². The molecule has 108 valence electrons. The molecule has 1 aliphatic heterocycles. The van der Waals surface area contributed by atoms with Gasteiger partial charge >= 0.3 is 0 Å². The van der Waals surface area contributed by atoms with Crippen molar-refractivity contribution in [3.05, 3.63) is 42.7 Å². The van der Waals surface area contributed by atoms with E-state index in [2.05, 4.69) is 11.9 Å². The van der Waals surface area contributed by atoms with Crippen LogP contribution in [0.15, 0.2) is 36.9 Å². The Labute approximate surface area is 118 Å². The minimum Gasteiger partial charge on any atom is -0.485 e. The Morgan fingerprint density at radius 1 is 1.60 bits per heavy atom. The van der Waals surface area contributed by atoms with Gasteiger partial charge in [0.05, 0.1) is 6.04 Å². The molecule has 0 spiro atoms. The van der Waals surface area contributed by atoms with E-state index in [-0.39, 0.29) is 29.6 Å². The van der Waals surface area contributed by atoms with E-state index in [0.717, 1.165) is 0 Å². The number of hydrogen-bond acceptors (Lipinski definition) is 3. The highest BCUT2D eigenvalue weighted by atomic mass is 19.1. The number of carbonyl (C=O) groups is 1. The highest BCUT2D eigenvalue weighted by Gasteiger charge is 2.35. The van der Waals surface area contributed by atoms with Crippen LogP contribution in [0.3, 0.4) is 0 Å². The van der Waals surface area contributed by atoms with Crippen molar-refractivity contribution in [2.75, 3.05) is 19.6 Å². The number of ether oxygens (including phenoxy) is 1. The van der Waals surface area contributed by atoms with Crippen molar-refractivity contribution in [2.45, 2.75) is 19.1 Å². The van der Waals surface area contributed by atoms with Crippen molar-refractivity contribution in [3.8, 4) is 5.75 Å². The molecule has 1 saturated heterocycles. The van der Waals surface area contributed by atoms with Crippen molar-refractivity contribution < 1.29 is 13.9 Å². The van der Waals surface area contributed by atoms with Gasteiger partial charge < -0.3 is 10.1 Å². The lowest BCUT2D eigenvalue weighted by Crippen LogP contribution is -2.60. The summed E-state index contributed by atoms with van der Waals surface area (Å²) in [6.07, 6.45) is 1.58. The average Bonchev–Trinajstić information content (AvgIpc) is 2.40. The molecule has 0 unspecified atom stereocenters. The third-order valence-electron chi connectivity index (χ3n) is 3.35. The number of nitrogens with zero attached hydrogens (tertiary/aromatic N) is 1. The molecule has 1 N–H and O–H groups in total. The number of hydrogen-bond donors (Lipinski definition) is 1. The zero-order chi connectivity index (χ0) is 14.5. The van der Waals surface area contributed by atoms with Crippen LogP contribution in [0.4, 0.5) is 4.39 Å². The molecule has 1 aromatic carbocycles. The summed E-state index contributed by atoms with van der Waals surface area (Å²) >= 11 is 0. The van der Waals surface area contributed by atoms with Crippen LogP contribution >= 0.6 is 0 Å². The highest BCUT2D eigenvalue weighted by Crippen LogP contribution is 2.22. The zero-order valence-electron chi connectivity index (χ0n) is 11.5. The summed E-state index contributed by atoms with van der Waals surface area (Å²) in [5.41, 5.74) is 0.